The molecule has 0 aromatic heterocycles. The molecule has 0 saturated heterocycles. The van der Waals surface area contributed by atoms with Crippen molar-refractivity contribution in [2.45, 2.75) is 4.90 Å². The second-order valence-corrected chi connectivity index (χ2v) is 5.99. The molecule has 0 fully saturated rings. The van der Waals surface area contributed by atoms with Crippen LogP contribution in [0.3, 0.4) is 0 Å². The number of benzene rings is 2. The molecule has 0 aliphatic heterocycles. The minimum Gasteiger partial charge on any atom is -0.279 e. The highest BCUT2D eigenvalue weighted by atomic mass is 35.5. The Balaban J connectivity index is 2.04. The smallest absolute Gasteiger partial charge is 0.238 e. The summed E-state index contributed by atoms with van der Waals surface area (Å²) in [7, 11) is -3.67. The van der Waals surface area contributed by atoms with Crippen molar-refractivity contribution < 1.29 is 8.42 Å². The van der Waals surface area contributed by atoms with E-state index in [1.54, 1.807) is 30.5 Å². The van der Waals surface area contributed by atoms with Gasteiger partial charge in [0.05, 0.1) is 16.8 Å². The summed E-state index contributed by atoms with van der Waals surface area (Å²) in [6.07, 6.45) is 1.61. The van der Waals surface area contributed by atoms with Gasteiger partial charge in [0, 0.05) is 5.02 Å². The first-order valence-corrected chi connectivity index (χ1v) is 7.55. The predicted octanol–water partition coefficient (Wildman–Crippen LogP) is 2.43. The third-order valence-corrected chi connectivity index (χ3v) is 3.60. The van der Waals surface area contributed by atoms with Gasteiger partial charge in [-0.2, -0.15) is 5.10 Å². The number of sulfonamides is 1. The van der Waals surface area contributed by atoms with E-state index in [9.17, 15) is 8.42 Å². The predicted molar refractivity (Wildman–Crippen MR) is 80.5 cm³/mol. The molecule has 5 nitrogen and oxygen atoms in total. The van der Waals surface area contributed by atoms with Crippen LogP contribution in [0.15, 0.2) is 58.5 Å². The number of anilines is 1. The molecule has 0 heterocycles. The Morgan fingerprint density at radius 1 is 1.15 bits per heavy atom. The van der Waals surface area contributed by atoms with Crippen molar-refractivity contribution in [2.75, 3.05) is 5.43 Å². The summed E-state index contributed by atoms with van der Waals surface area (Å²) in [4.78, 5) is 0.0573. The number of primary sulfonamides is 1. The average Bonchev–Trinajstić information content (AvgIpc) is 2.38. The molecule has 0 saturated carbocycles. The van der Waals surface area contributed by atoms with Gasteiger partial charge in [-0.25, -0.2) is 13.6 Å². The molecule has 0 bridgehead atoms. The van der Waals surface area contributed by atoms with E-state index in [1.165, 1.54) is 12.1 Å². The molecule has 0 spiro atoms. The molecule has 0 aliphatic carbocycles. The fourth-order valence-corrected chi connectivity index (χ4v) is 2.20. The number of hydrogen-bond acceptors (Lipinski definition) is 4. The average molecular weight is 310 g/mol. The van der Waals surface area contributed by atoms with Crippen LogP contribution in [0.25, 0.3) is 0 Å². The minimum absolute atomic E-state index is 0.0573. The van der Waals surface area contributed by atoms with Gasteiger partial charge in [-0.15, -0.1) is 0 Å². The highest BCUT2D eigenvalue weighted by Gasteiger charge is 2.05. The fourth-order valence-electron chi connectivity index (χ4n) is 1.49. The Labute approximate surface area is 122 Å². The first kappa shape index (κ1) is 14.5. The van der Waals surface area contributed by atoms with Gasteiger partial charge in [0.2, 0.25) is 10.0 Å². The van der Waals surface area contributed by atoms with Crippen LogP contribution in [0.4, 0.5) is 5.69 Å². The number of nitrogens with zero attached hydrogens (tertiary/aromatic N) is 1. The zero-order valence-corrected chi connectivity index (χ0v) is 11.9. The zero-order valence-electron chi connectivity index (χ0n) is 10.3. The lowest BCUT2D eigenvalue weighted by Gasteiger charge is -2.02. The number of nitrogens with two attached hydrogens (primary N) is 1. The van der Waals surface area contributed by atoms with E-state index in [0.717, 1.165) is 5.56 Å². The third-order valence-electron chi connectivity index (χ3n) is 2.44. The highest BCUT2D eigenvalue weighted by molar-refractivity contribution is 7.89. The quantitative estimate of drug-likeness (QED) is 0.672. The summed E-state index contributed by atoms with van der Waals surface area (Å²) in [5.41, 5.74) is 4.28. The molecule has 0 amide bonds. The standard InChI is InChI=1S/C13H12ClN3O2S/c14-11-3-1-2-10(8-11)9-16-17-12-4-6-13(7-5-12)20(15,18)19/h1-9,17H,(H2,15,18,19)/b16-9+. The van der Waals surface area contributed by atoms with Crippen LogP contribution in [0.2, 0.25) is 5.02 Å². The van der Waals surface area contributed by atoms with Gasteiger partial charge < -0.3 is 0 Å². The number of hydrazone groups is 1. The largest absolute Gasteiger partial charge is 0.279 e. The van der Waals surface area contributed by atoms with Gasteiger partial charge >= 0.3 is 0 Å². The highest BCUT2D eigenvalue weighted by Crippen LogP contribution is 2.13. The van der Waals surface area contributed by atoms with Crippen molar-refractivity contribution in [2.24, 2.45) is 10.2 Å². The first-order chi connectivity index (χ1) is 9.45. The Kier molecular flexibility index (Phi) is 4.39. The maximum Gasteiger partial charge on any atom is 0.238 e. The van der Waals surface area contributed by atoms with E-state index in [2.05, 4.69) is 10.5 Å². The van der Waals surface area contributed by atoms with Crippen LogP contribution in [-0.2, 0) is 10.0 Å². The van der Waals surface area contributed by atoms with E-state index < -0.39 is 10.0 Å². The van der Waals surface area contributed by atoms with Gasteiger partial charge in [-0.1, -0.05) is 23.7 Å². The SMILES string of the molecule is NS(=O)(=O)c1ccc(N/N=C/c2cccc(Cl)c2)cc1. The molecule has 0 aliphatic rings. The van der Waals surface area contributed by atoms with E-state index in [1.807, 2.05) is 12.1 Å². The van der Waals surface area contributed by atoms with Gasteiger partial charge in [0.1, 0.15) is 0 Å². The van der Waals surface area contributed by atoms with Crippen LogP contribution in [-0.4, -0.2) is 14.6 Å². The molecule has 0 unspecified atom stereocenters. The van der Waals surface area contributed by atoms with Crippen molar-refractivity contribution in [3.8, 4) is 0 Å². The second kappa shape index (κ2) is 6.04. The monoisotopic (exact) mass is 309 g/mol. The molecule has 20 heavy (non-hydrogen) atoms. The molecule has 2 aromatic carbocycles. The van der Waals surface area contributed by atoms with E-state index in [0.29, 0.717) is 10.7 Å². The fraction of sp³-hybridized carbons (Fsp3) is 0. The maximum atomic E-state index is 11.1. The van der Waals surface area contributed by atoms with Crippen LogP contribution in [0.1, 0.15) is 5.56 Å². The van der Waals surface area contributed by atoms with Crippen molar-refractivity contribution >= 4 is 33.5 Å². The molecule has 2 rings (SSSR count). The van der Waals surface area contributed by atoms with Gasteiger partial charge in [-0.3, -0.25) is 5.43 Å². The number of halogens is 1. The summed E-state index contributed by atoms with van der Waals surface area (Å²) >= 11 is 5.85. The normalized spacial score (nSPS) is 11.7. The lowest BCUT2D eigenvalue weighted by molar-refractivity contribution is 0.598. The molecule has 3 N–H and O–H groups in total. The molecule has 104 valence electrons. The van der Waals surface area contributed by atoms with Gasteiger partial charge in [0.25, 0.3) is 0 Å². The van der Waals surface area contributed by atoms with Crippen LogP contribution in [0, 0.1) is 0 Å². The van der Waals surface area contributed by atoms with E-state index >= 15 is 0 Å². The maximum absolute atomic E-state index is 11.1. The summed E-state index contributed by atoms with van der Waals surface area (Å²) in [6, 6.07) is 13.2. The number of rotatable bonds is 4. The van der Waals surface area contributed by atoms with Crippen molar-refractivity contribution in [3.63, 3.8) is 0 Å². The molecule has 0 atom stereocenters. The van der Waals surface area contributed by atoms with Crippen molar-refractivity contribution in [1.29, 1.82) is 0 Å². The van der Waals surface area contributed by atoms with Gasteiger partial charge in [0.15, 0.2) is 0 Å². The van der Waals surface area contributed by atoms with Crippen LogP contribution in [0.5, 0.6) is 0 Å². The first-order valence-electron chi connectivity index (χ1n) is 5.63. The van der Waals surface area contributed by atoms with Crippen LogP contribution >= 0.6 is 11.6 Å². The van der Waals surface area contributed by atoms with Crippen LogP contribution < -0.4 is 10.6 Å². The van der Waals surface area contributed by atoms with Crippen molar-refractivity contribution in [3.05, 3.63) is 59.1 Å². The third kappa shape index (κ3) is 4.06. The van der Waals surface area contributed by atoms with Crippen molar-refractivity contribution in [1.82, 2.24) is 0 Å². The Morgan fingerprint density at radius 2 is 1.85 bits per heavy atom. The van der Waals surface area contributed by atoms with E-state index in [4.69, 9.17) is 16.7 Å². The van der Waals surface area contributed by atoms with Gasteiger partial charge in [-0.05, 0) is 42.0 Å². The summed E-state index contributed by atoms with van der Waals surface area (Å²) < 4.78 is 22.2. The van der Waals surface area contributed by atoms with E-state index in [-0.39, 0.29) is 4.90 Å². The lowest BCUT2D eigenvalue weighted by Crippen LogP contribution is -2.11. The minimum atomic E-state index is -3.67. The summed E-state index contributed by atoms with van der Waals surface area (Å²) in [6.45, 7) is 0. The molecule has 7 heteroatoms. The summed E-state index contributed by atoms with van der Waals surface area (Å²) in [5, 5.41) is 9.67. The zero-order chi connectivity index (χ0) is 14.6. The summed E-state index contributed by atoms with van der Waals surface area (Å²) in [5.74, 6) is 0. The Morgan fingerprint density at radius 3 is 2.45 bits per heavy atom. The Bertz CT molecular complexity index is 728. The molecule has 2 aromatic rings. The molecular formula is C13H12ClN3O2S. The molecular weight excluding hydrogens is 298 g/mol. The second-order valence-electron chi connectivity index (χ2n) is 3.99. The number of hydrogen-bond donors (Lipinski definition) is 2. The lowest BCUT2D eigenvalue weighted by atomic mass is 10.2. The Hall–Kier alpha value is -1.89. The number of nitrogens with one attached hydrogen (secondary N) is 1. The molecule has 0 radical (unpaired) electrons. The topological polar surface area (TPSA) is 84.5 Å².